The lowest BCUT2D eigenvalue weighted by atomic mass is 10.2. The van der Waals surface area contributed by atoms with Gasteiger partial charge in [-0.15, -0.1) is 11.3 Å². The molecule has 2 N–H and O–H groups in total. The Kier molecular flexibility index (Phi) is 7.32. The molecular weight excluding hydrogens is 300 g/mol. The van der Waals surface area contributed by atoms with Crippen LogP contribution in [0.1, 0.15) is 22.6 Å². The molecule has 0 aromatic carbocycles. The van der Waals surface area contributed by atoms with Gasteiger partial charge in [-0.1, -0.05) is 0 Å². The molecule has 0 aliphatic carbocycles. The van der Waals surface area contributed by atoms with Crippen LogP contribution < -0.4 is 5.32 Å². The minimum Gasteiger partial charge on any atom is -0.390 e. The van der Waals surface area contributed by atoms with Gasteiger partial charge in [0.15, 0.2) is 0 Å². The van der Waals surface area contributed by atoms with Gasteiger partial charge in [0.25, 0.3) is 0 Å². The van der Waals surface area contributed by atoms with Crippen LogP contribution in [0.4, 0.5) is 0 Å². The predicted octanol–water partition coefficient (Wildman–Crippen LogP) is 1.19. The van der Waals surface area contributed by atoms with E-state index in [2.05, 4.69) is 29.3 Å². The lowest BCUT2D eigenvalue weighted by molar-refractivity contribution is -0.121. The van der Waals surface area contributed by atoms with Crippen molar-refractivity contribution in [2.45, 2.75) is 32.3 Å². The maximum absolute atomic E-state index is 11.8. The number of aliphatic hydroxyl groups excluding tert-OH is 1. The second-order valence-corrected chi connectivity index (χ2v) is 7.11. The van der Waals surface area contributed by atoms with E-state index in [-0.39, 0.29) is 5.91 Å². The van der Waals surface area contributed by atoms with Crippen LogP contribution >= 0.6 is 11.3 Å². The summed E-state index contributed by atoms with van der Waals surface area (Å²) in [6.07, 6.45) is 1.80. The topological polar surface area (TPSA) is 61.8 Å². The van der Waals surface area contributed by atoms with Gasteiger partial charge in [-0.2, -0.15) is 0 Å². The number of carbonyl (C=O) groups is 1. The van der Waals surface area contributed by atoms with E-state index in [9.17, 15) is 9.90 Å². The predicted molar refractivity (Wildman–Crippen MR) is 88.3 cm³/mol. The molecule has 1 aromatic heterocycles. The molecule has 0 radical (unpaired) electrons. The van der Waals surface area contributed by atoms with Crippen LogP contribution in [0.3, 0.4) is 0 Å². The van der Waals surface area contributed by atoms with E-state index in [1.807, 2.05) is 0 Å². The van der Waals surface area contributed by atoms with Crippen LogP contribution in [0.15, 0.2) is 12.1 Å². The zero-order chi connectivity index (χ0) is 15.8. The number of hydrogen-bond donors (Lipinski definition) is 2. The van der Waals surface area contributed by atoms with Crippen molar-refractivity contribution < 1.29 is 14.6 Å². The lowest BCUT2D eigenvalue weighted by Gasteiger charge is -2.28. The molecule has 0 bridgehead atoms. The van der Waals surface area contributed by atoms with E-state index in [1.165, 1.54) is 9.75 Å². The molecule has 0 saturated carbocycles. The Balaban J connectivity index is 1.54. The largest absolute Gasteiger partial charge is 0.390 e. The smallest absolute Gasteiger partial charge is 0.220 e. The Morgan fingerprint density at radius 3 is 2.91 bits per heavy atom. The number of hydrogen-bond acceptors (Lipinski definition) is 5. The number of rotatable bonds is 8. The number of aliphatic hydroxyl groups is 1. The number of amides is 1. The van der Waals surface area contributed by atoms with Crippen LogP contribution in [0.25, 0.3) is 0 Å². The van der Waals surface area contributed by atoms with Gasteiger partial charge in [0.1, 0.15) is 0 Å². The van der Waals surface area contributed by atoms with Crippen molar-refractivity contribution in [3.63, 3.8) is 0 Å². The van der Waals surface area contributed by atoms with Gasteiger partial charge in [0, 0.05) is 42.4 Å². The summed E-state index contributed by atoms with van der Waals surface area (Å²) < 4.78 is 5.27. The van der Waals surface area contributed by atoms with Crippen molar-refractivity contribution in [2.75, 3.05) is 39.4 Å². The van der Waals surface area contributed by atoms with Gasteiger partial charge in [0.2, 0.25) is 5.91 Å². The molecule has 0 spiro atoms. The minimum atomic E-state index is -0.512. The Bertz CT molecular complexity index is 458. The molecule has 2 heterocycles. The summed E-state index contributed by atoms with van der Waals surface area (Å²) in [5.74, 6) is 0.0225. The molecule has 1 amide bonds. The van der Waals surface area contributed by atoms with Crippen LogP contribution in [0.2, 0.25) is 0 Å². The highest BCUT2D eigenvalue weighted by molar-refractivity contribution is 7.11. The molecule has 6 heteroatoms. The van der Waals surface area contributed by atoms with Crippen molar-refractivity contribution in [3.8, 4) is 0 Å². The maximum Gasteiger partial charge on any atom is 0.220 e. The third-order valence-corrected chi connectivity index (χ3v) is 4.79. The highest BCUT2D eigenvalue weighted by Crippen LogP contribution is 2.17. The first-order chi connectivity index (χ1) is 10.6. The average molecular weight is 326 g/mol. The summed E-state index contributed by atoms with van der Waals surface area (Å²) in [4.78, 5) is 16.6. The van der Waals surface area contributed by atoms with E-state index in [0.717, 1.165) is 39.1 Å². The second-order valence-electron chi connectivity index (χ2n) is 5.74. The summed E-state index contributed by atoms with van der Waals surface area (Å²) in [7, 11) is 0. The highest BCUT2D eigenvalue weighted by atomic mass is 32.1. The zero-order valence-electron chi connectivity index (χ0n) is 13.2. The molecular formula is C16H26N2O3S. The quantitative estimate of drug-likeness (QED) is 0.753. The van der Waals surface area contributed by atoms with Gasteiger partial charge < -0.3 is 15.2 Å². The molecule has 1 unspecified atom stereocenters. The number of β-amino-alcohol motifs (C(OH)–C–C–N with tert-alkyl or cyclic N) is 1. The second kappa shape index (κ2) is 9.25. The summed E-state index contributed by atoms with van der Waals surface area (Å²) in [6.45, 7) is 6.17. The molecule has 1 aliphatic rings. The molecule has 1 aliphatic heterocycles. The van der Waals surface area contributed by atoms with E-state index in [1.54, 1.807) is 11.3 Å². The normalized spacial score (nSPS) is 17.4. The summed E-state index contributed by atoms with van der Waals surface area (Å²) >= 11 is 1.79. The van der Waals surface area contributed by atoms with Crippen LogP contribution in [-0.2, 0) is 16.0 Å². The molecule has 5 nitrogen and oxygen atoms in total. The van der Waals surface area contributed by atoms with Gasteiger partial charge in [-0.05, 0) is 31.9 Å². The molecule has 1 fully saturated rings. The number of ether oxygens (including phenoxy) is 1. The molecule has 1 saturated heterocycles. The number of nitrogens with one attached hydrogen (secondary N) is 1. The molecule has 1 aromatic rings. The third-order valence-electron chi connectivity index (χ3n) is 3.73. The first kappa shape index (κ1) is 17.4. The fourth-order valence-corrected chi connectivity index (χ4v) is 3.44. The van der Waals surface area contributed by atoms with E-state index < -0.39 is 6.10 Å². The molecule has 2 rings (SSSR count). The Labute approximate surface area is 136 Å². The van der Waals surface area contributed by atoms with Crippen LogP contribution in [-0.4, -0.2) is 61.4 Å². The van der Waals surface area contributed by atoms with Gasteiger partial charge in [-0.3, -0.25) is 9.69 Å². The SMILES string of the molecule is Cc1ccc(CCCC(=O)NCC(O)CN2CCOCC2)s1. The maximum atomic E-state index is 11.8. The van der Waals surface area contributed by atoms with Gasteiger partial charge in [0.05, 0.1) is 19.3 Å². The van der Waals surface area contributed by atoms with Crippen molar-refractivity contribution in [1.29, 1.82) is 0 Å². The number of morpholine rings is 1. The van der Waals surface area contributed by atoms with E-state index >= 15 is 0 Å². The Hall–Kier alpha value is -0.950. The first-order valence-electron chi connectivity index (χ1n) is 7.93. The van der Waals surface area contributed by atoms with Crippen LogP contribution in [0.5, 0.6) is 0 Å². The van der Waals surface area contributed by atoms with Crippen LogP contribution in [0, 0.1) is 6.92 Å². The summed E-state index contributed by atoms with van der Waals surface area (Å²) in [5.41, 5.74) is 0. The minimum absolute atomic E-state index is 0.0225. The van der Waals surface area contributed by atoms with Crippen molar-refractivity contribution >= 4 is 17.2 Å². The zero-order valence-corrected chi connectivity index (χ0v) is 14.0. The highest BCUT2D eigenvalue weighted by Gasteiger charge is 2.15. The van der Waals surface area contributed by atoms with Crippen molar-refractivity contribution in [2.24, 2.45) is 0 Å². The fourth-order valence-electron chi connectivity index (χ4n) is 2.51. The van der Waals surface area contributed by atoms with Crippen molar-refractivity contribution in [1.82, 2.24) is 10.2 Å². The van der Waals surface area contributed by atoms with Crippen molar-refractivity contribution in [3.05, 3.63) is 21.9 Å². The van der Waals surface area contributed by atoms with Gasteiger partial charge in [-0.25, -0.2) is 0 Å². The van der Waals surface area contributed by atoms with Gasteiger partial charge >= 0.3 is 0 Å². The Morgan fingerprint density at radius 2 is 2.23 bits per heavy atom. The monoisotopic (exact) mass is 326 g/mol. The fraction of sp³-hybridized carbons (Fsp3) is 0.688. The number of carbonyl (C=O) groups excluding carboxylic acids is 1. The summed E-state index contributed by atoms with van der Waals surface area (Å²) in [5, 5.41) is 12.8. The molecule has 124 valence electrons. The Morgan fingerprint density at radius 1 is 1.45 bits per heavy atom. The molecule has 22 heavy (non-hydrogen) atoms. The third kappa shape index (κ3) is 6.44. The summed E-state index contributed by atoms with van der Waals surface area (Å²) in [6, 6.07) is 4.24. The number of aryl methyl sites for hydroxylation is 2. The average Bonchev–Trinajstić information content (AvgIpc) is 2.92. The number of nitrogens with zero attached hydrogens (tertiary/aromatic N) is 1. The van der Waals surface area contributed by atoms with E-state index in [0.29, 0.717) is 19.5 Å². The number of thiophene rings is 1. The first-order valence-corrected chi connectivity index (χ1v) is 8.75. The molecule has 1 atom stereocenters. The lowest BCUT2D eigenvalue weighted by Crippen LogP contribution is -2.44. The van der Waals surface area contributed by atoms with E-state index in [4.69, 9.17) is 4.74 Å². The standard InChI is InChI=1S/C16H26N2O3S/c1-13-5-6-15(22-13)3-2-4-16(20)17-11-14(19)12-18-7-9-21-10-8-18/h5-6,14,19H,2-4,7-12H2,1H3,(H,17,20).